The van der Waals surface area contributed by atoms with Crippen LogP contribution in [-0.4, -0.2) is 0 Å². The molecule has 0 saturated heterocycles. The van der Waals surface area contributed by atoms with E-state index in [1.165, 1.54) is 5.56 Å². The van der Waals surface area contributed by atoms with Crippen LogP contribution < -0.4 is 0 Å². The van der Waals surface area contributed by atoms with Gasteiger partial charge in [0.2, 0.25) is 0 Å². The summed E-state index contributed by atoms with van der Waals surface area (Å²) in [5.41, 5.74) is 1.35. The molecule has 0 unspecified atom stereocenters. The lowest BCUT2D eigenvalue weighted by Crippen LogP contribution is -1.81. The molecule has 0 N–H and O–H groups in total. The predicted molar refractivity (Wildman–Crippen MR) is 52.3 cm³/mol. The van der Waals surface area contributed by atoms with Crippen molar-refractivity contribution >= 4 is 23.5 Å². The fraction of sp³-hybridized carbons (Fsp3) is 0.111. The molecule has 1 heterocycles. The molecule has 0 nitrogen and oxygen atoms in total. The lowest BCUT2D eigenvalue weighted by atomic mass is 10.2. The third kappa shape index (κ3) is 1.63. The first-order chi connectivity index (χ1) is 5.47. The van der Waals surface area contributed by atoms with Crippen LogP contribution in [-0.2, 0) is 0 Å². The van der Waals surface area contributed by atoms with Gasteiger partial charge in [0.25, 0.3) is 0 Å². The second kappa shape index (κ2) is 3.37. The fourth-order valence-electron chi connectivity index (χ4n) is 0.950. The molecule has 1 aromatic rings. The summed E-state index contributed by atoms with van der Waals surface area (Å²) < 4.78 is 0.562. The molecule has 0 atom stereocenters. The summed E-state index contributed by atoms with van der Waals surface area (Å²) in [7, 11) is 0. The minimum atomic E-state index is 0.562. The lowest BCUT2D eigenvalue weighted by molar-refractivity contribution is 1.39. The number of benzene rings is 1. The second-order valence-electron chi connectivity index (χ2n) is 2.21. The van der Waals surface area contributed by atoms with Crippen LogP contribution in [0.15, 0.2) is 35.1 Å². The van der Waals surface area contributed by atoms with Gasteiger partial charge >= 0.3 is 0 Å². The number of hydrogen-bond donors (Lipinski definition) is 0. The normalized spacial score (nSPS) is 17.5. The van der Waals surface area contributed by atoms with E-state index in [0.717, 1.165) is 0 Å². The Morgan fingerprint density at radius 1 is 1.27 bits per heavy atom. The van der Waals surface area contributed by atoms with Crippen molar-refractivity contribution in [1.29, 1.82) is 0 Å². The molecule has 1 aromatic carbocycles. The van der Waals surface area contributed by atoms with Crippen molar-refractivity contribution in [2.24, 2.45) is 0 Å². The first kappa shape index (κ1) is 7.32. The molecule has 11 heavy (non-hydrogen) atoms. The Bertz CT molecular complexity index is 246. The fourth-order valence-corrected chi connectivity index (χ4v) is 3.00. The maximum absolute atomic E-state index is 3.08. The molecule has 2 rings (SSSR count). The zero-order valence-electron chi connectivity index (χ0n) is 5.86. The molecule has 0 aliphatic carbocycles. The Morgan fingerprint density at radius 3 is 2.73 bits per heavy atom. The summed E-state index contributed by atoms with van der Waals surface area (Å²) >= 11 is 3.72. The molecule has 0 bridgehead atoms. The van der Waals surface area contributed by atoms with Gasteiger partial charge in [0, 0.05) is 0 Å². The zero-order chi connectivity index (χ0) is 7.52. The summed E-state index contributed by atoms with van der Waals surface area (Å²) in [6.07, 6.45) is 0. The average Bonchev–Trinajstić information content (AvgIpc) is 2.58. The quantitative estimate of drug-likeness (QED) is 0.647. The minimum Gasteiger partial charge on any atom is -0.114 e. The maximum Gasteiger partial charge on any atom is 0.0834 e. The van der Waals surface area contributed by atoms with Crippen LogP contribution in [0.3, 0.4) is 0 Å². The van der Waals surface area contributed by atoms with Crippen LogP contribution in [0.2, 0.25) is 0 Å². The van der Waals surface area contributed by atoms with Crippen molar-refractivity contribution in [3.63, 3.8) is 0 Å². The van der Waals surface area contributed by atoms with Crippen LogP contribution in [0.5, 0.6) is 0 Å². The highest BCUT2D eigenvalue weighted by molar-refractivity contribution is 8.21. The summed E-state index contributed by atoms with van der Waals surface area (Å²) in [6, 6.07) is 11.3. The monoisotopic (exact) mass is 179 g/mol. The average molecular weight is 179 g/mol. The third-order valence-corrected chi connectivity index (χ3v) is 3.93. The summed E-state index contributed by atoms with van der Waals surface area (Å²) in [5, 5.41) is 4.28. The largest absolute Gasteiger partial charge is 0.114 e. The van der Waals surface area contributed by atoms with Gasteiger partial charge in [-0.2, -0.15) is 0 Å². The first-order valence-corrected chi connectivity index (χ1v) is 5.27. The molecule has 55 valence electrons. The van der Waals surface area contributed by atoms with Crippen LogP contribution in [0, 0.1) is 6.07 Å². The zero-order valence-corrected chi connectivity index (χ0v) is 7.49. The molecule has 0 saturated carbocycles. The molecule has 2 heteroatoms. The molecule has 0 amide bonds. The first-order valence-electron chi connectivity index (χ1n) is 3.39. The van der Waals surface area contributed by atoms with Crippen molar-refractivity contribution < 1.29 is 0 Å². The summed E-state index contributed by atoms with van der Waals surface area (Å²) in [4.78, 5) is 0. The summed E-state index contributed by atoms with van der Waals surface area (Å²) in [5.74, 6) is 0. The van der Waals surface area contributed by atoms with Crippen molar-refractivity contribution in [1.82, 2.24) is 0 Å². The van der Waals surface area contributed by atoms with Gasteiger partial charge < -0.3 is 0 Å². The molecular weight excluding hydrogens is 172 g/mol. The van der Waals surface area contributed by atoms with Crippen LogP contribution in [0.4, 0.5) is 0 Å². The van der Waals surface area contributed by atoms with Gasteiger partial charge in [-0.15, -0.1) is 23.5 Å². The maximum atomic E-state index is 3.08. The van der Waals surface area contributed by atoms with E-state index < -0.39 is 0 Å². The van der Waals surface area contributed by atoms with E-state index in [4.69, 9.17) is 0 Å². The Labute approximate surface area is 75.1 Å². The summed E-state index contributed by atoms with van der Waals surface area (Å²) in [6.45, 7) is 0. The van der Waals surface area contributed by atoms with Crippen LogP contribution in [0.25, 0.3) is 0 Å². The number of thioether (sulfide) groups is 2. The number of hydrogen-bond acceptors (Lipinski definition) is 2. The van der Waals surface area contributed by atoms with Gasteiger partial charge in [0.1, 0.15) is 0 Å². The van der Waals surface area contributed by atoms with Crippen molar-refractivity contribution in [3.05, 3.63) is 46.7 Å². The smallest absolute Gasteiger partial charge is 0.0834 e. The van der Waals surface area contributed by atoms with Crippen LogP contribution >= 0.6 is 23.5 Å². The van der Waals surface area contributed by atoms with E-state index in [1.807, 2.05) is 35.7 Å². The Balaban J connectivity index is 2.17. The highest BCUT2D eigenvalue weighted by Gasteiger charge is 2.12. The SMILES string of the molecule is [c]1cccc(C2SC=CS2)c1. The topological polar surface area (TPSA) is 0 Å². The van der Waals surface area contributed by atoms with E-state index in [-0.39, 0.29) is 0 Å². The van der Waals surface area contributed by atoms with E-state index in [1.54, 1.807) is 0 Å². The van der Waals surface area contributed by atoms with Gasteiger partial charge in [-0.1, -0.05) is 18.2 Å². The number of rotatable bonds is 1. The van der Waals surface area contributed by atoms with Crippen molar-refractivity contribution in [3.8, 4) is 0 Å². The molecule has 0 aromatic heterocycles. The standard InChI is InChI=1S/C9H7S2/c1-2-4-8(5-3-1)9-10-6-7-11-9/h1-2,4-7,9H. The molecule has 1 aliphatic heterocycles. The van der Waals surface area contributed by atoms with E-state index in [2.05, 4.69) is 29.0 Å². The Kier molecular flexibility index (Phi) is 2.24. The van der Waals surface area contributed by atoms with Crippen molar-refractivity contribution in [2.75, 3.05) is 0 Å². The second-order valence-corrected chi connectivity index (χ2v) is 4.54. The Morgan fingerprint density at radius 2 is 2.09 bits per heavy atom. The predicted octanol–water partition coefficient (Wildman–Crippen LogP) is 3.44. The van der Waals surface area contributed by atoms with Gasteiger partial charge in [-0.25, -0.2) is 0 Å². The molecule has 1 radical (unpaired) electrons. The molecule has 1 aliphatic rings. The van der Waals surface area contributed by atoms with E-state index in [9.17, 15) is 0 Å². The molecular formula is C9H7S2. The molecule has 0 spiro atoms. The van der Waals surface area contributed by atoms with Gasteiger partial charge in [0.05, 0.1) is 4.58 Å². The third-order valence-electron chi connectivity index (χ3n) is 1.46. The lowest BCUT2D eigenvalue weighted by Gasteiger charge is -2.05. The van der Waals surface area contributed by atoms with E-state index >= 15 is 0 Å². The van der Waals surface area contributed by atoms with E-state index in [0.29, 0.717) is 4.58 Å². The minimum absolute atomic E-state index is 0.562. The Hall–Kier alpha value is -0.340. The van der Waals surface area contributed by atoms with Gasteiger partial charge in [-0.3, -0.25) is 0 Å². The van der Waals surface area contributed by atoms with Crippen LogP contribution in [0.1, 0.15) is 10.1 Å². The molecule has 0 fully saturated rings. The highest BCUT2D eigenvalue weighted by Crippen LogP contribution is 2.45. The van der Waals surface area contributed by atoms with Crippen molar-refractivity contribution in [2.45, 2.75) is 4.58 Å². The highest BCUT2D eigenvalue weighted by atomic mass is 32.2. The van der Waals surface area contributed by atoms with Gasteiger partial charge in [-0.05, 0) is 28.5 Å². The van der Waals surface area contributed by atoms with Gasteiger partial charge in [0.15, 0.2) is 0 Å².